The Bertz CT molecular complexity index is 1490. The molecule has 2 aromatic carbocycles. The van der Waals surface area contributed by atoms with Crippen LogP contribution in [0.5, 0.6) is 0 Å². The molecule has 1 aliphatic carbocycles. The molecule has 2 N–H and O–H groups in total. The van der Waals surface area contributed by atoms with Crippen molar-refractivity contribution in [1.82, 2.24) is 15.0 Å². The molecule has 4 aromatic rings. The summed E-state index contributed by atoms with van der Waals surface area (Å²) in [6.45, 7) is 2.11. The highest BCUT2D eigenvalue weighted by molar-refractivity contribution is 7.92. The predicted molar refractivity (Wildman–Crippen MR) is 145 cm³/mol. The molecule has 0 saturated heterocycles. The Labute approximate surface area is 216 Å². The Morgan fingerprint density at radius 2 is 1.78 bits per heavy atom. The fraction of sp³-hybridized carbons (Fsp3) is 0.296. The first-order valence-electron chi connectivity index (χ1n) is 12.2. The maximum absolute atomic E-state index is 12.7. The van der Waals surface area contributed by atoms with Gasteiger partial charge in [-0.2, -0.15) is 0 Å². The third-order valence-corrected chi connectivity index (χ3v) is 8.40. The molecule has 9 heteroatoms. The van der Waals surface area contributed by atoms with E-state index in [0.717, 1.165) is 34.0 Å². The van der Waals surface area contributed by atoms with Crippen LogP contribution in [0.2, 0.25) is 5.02 Å². The van der Waals surface area contributed by atoms with Crippen LogP contribution in [0.3, 0.4) is 0 Å². The molecule has 0 radical (unpaired) electrons. The standard InChI is InChI=1S/C27H28ClN5O2S/c1-2-18-14-20(15-21-17-30-27(32-26(18)21)31-22-8-4-3-5-9-22)19-12-13-25(29-16-19)33-36(34,35)24-11-7-6-10-23(24)28/h6-7,10-17,22H,2-5,8-9H2,1H3,(H,29,33)(H,30,31,32). The molecule has 0 bridgehead atoms. The Hall–Kier alpha value is -3.23. The van der Waals surface area contributed by atoms with Crippen molar-refractivity contribution in [2.75, 3.05) is 10.0 Å². The van der Waals surface area contributed by atoms with Crippen LogP contribution < -0.4 is 10.0 Å². The van der Waals surface area contributed by atoms with E-state index in [9.17, 15) is 8.42 Å². The minimum atomic E-state index is -3.84. The van der Waals surface area contributed by atoms with Gasteiger partial charge in [0.2, 0.25) is 5.95 Å². The summed E-state index contributed by atoms with van der Waals surface area (Å²) in [6.07, 6.45) is 10.5. The summed E-state index contributed by atoms with van der Waals surface area (Å²) < 4.78 is 27.9. The Morgan fingerprint density at radius 1 is 0.972 bits per heavy atom. The fourth-order valence-electron chi connectivity index (χ4n) is 4.63. The number of nitrogens with one attached hydrogen (secondary N) is 2. The van der Waals surface area contributed by atoms with Crippen molar-refractivity contribution in [2.45, 2.75) is 56.4 Å². The molecule has 186 valence electrons. The number of benzene rings is 2. The van der Waals surface area contributed by atoms with Gasteiger partial charge in [-0.1, -0.05) is 49.9 Å². The monoisotopic (exact) mass is 521 g/mol. The first-order chi connectivity index (χ1) is 17.4. The summed E-state index contributed by atoms with van der Waals surface area (Å²) in [5, 5.41) is 4.63. The van der Waals surface area contributed by atoms with Crippen LogP contribution in [0.25, 0.3) is 22.0 Å². The number of hydrogen-bond donors (Lipinski definition) is 2. The number of fused-ring (bicyclic) bond motifs is 1. The van der Waals surface area contributed by atoms with E-state index in [2.05, 4.69) is 33.0 Å². The maximum Gasteiger partial charge on any atom is 0.264 e. The molecule has 5 rings (SSSR count). The summed E-state index contributed by atoms with van der Waals surface area (Å²) in [5.41, 5.74) is 3.92. The van der Waals surface area contributed by atoms with Crippen LogP contribution in [0, 0.1) is 0 Å². The number of sulfonamides is 1. The number of halogens is 1. The number of anilines is 2. The number of nitrogens with zero attached hydrogens (tertiary/aromatic N) is 3. The van der Waals surface area contributed by atoms with Crippen molar-refractivity contribution >= 4 is 44.3 Å². The van der Waals surface area contributed by atoms with Crippen LogP contribution in [0.4, 0.5) is 11.8 Å². The maximum atomic E-state index is 12.7. The van der Waals surface area contributed by atoms with Crippen LogP contribution in [0.15, 0.2) is 65.8 Å². The van der Waals surface area contributed by atoms with Gasteiger partial charge in [-0.3, -0.25) is 4.72 Å². The van der Waals surface area contributed by atoms with Gasteiger partial charge in [0.25, 0.3) is 10.0 Å². The van der Waals surface area contributed by atoms with Crippen LogP contribution in [0.1, 0.15) is 44.6 Å². The van der Waals surface area contributed by atoms with Crippen LogP contribution in [-0.2, 0) is 16.4 Å². The lowest BCUT2D eigenvalue weighted by atomic mass is 9.96. The summed E-state index contributed by atoms with van der Waals surface area (Å²) in [7, 11) is -3.84. The van der Waals surface area contributed by atoms with E-state index < -0.39 is 10.0 Å². The number of rotatable bonds is 7. The fourth-order valence-corrected chi connectivity index (χ4v) is 6.16. The van der Waals surface area contributed by atoms with Gasteiger partial charge in [-0.15, -0.1) is 0 Å². The lowest BCUT2D eigenvalue weighted by molar-refractivity contribution is 0.461. The van der Waals surface area contributed by atoms with Crippen LogP contribution >= 0.6 is 11.6 Å². The second-order valence-corrected chi connectivity index (χ2v) is 11.1. The molecular weight excluding hydrogens is 494 g/mol. The third-order valence-electron chi connectivity index (χ3n) is 6.54. The molecule has 36 heavy (non-hydrogen) atoms. The first-order valence-corrected chi connectivity index (χ1v) is 14.1. The van der Waals surface area contributed by atoms with E-state index in [1.807, 2.05) is 18.3 Å². The highest BCUT2D eigenvalue weighted by Crippen LogP contribution is 2.29. The van der Waals surface area contributed by atoms with E-state index >= 15 is 0 Å². The van der Waals surface area contributed by atoms with Gasteiger partial charge in [-0.05, 0) is 66.8 Å². The van der Waals surface area contributed by atoms with Gasteiger partial charge in [0.05, 0.1) is 10.5 Å². The molecular formula is C27H28ClN5O2S. The van der Waals surface area contributed by atoms with Crippen molar-refractivity contribution in [3.8, 4) is 11.1 Å². The number of aromatic nitrogens is 3. The van der Waals surface area contributed by atoms with E-state index in [-0.39, 0.29) is 15.7 Å². The van der Waals surface area contributed by atoms with Crippen molar-refractivity contribution in [3.63, 3.8) is 0 Å². The van der Waals surface area contributed by atoms with Crippen LogP contribution in [-0.4, -0.2) is 29.4 Å². The smallest absolute Gasteiger partial charge is 0.264 e. The zero-order valence-electron chi connectivity index (χ0n) is 20.0. The Morgan fingerprint density at radius 3 is 2.50 bits per heavy atom. The molecule has 0 unspecified atom stereocenters. The van der Waals surface area contributed by atoms with Gasteiger partial charge in [0.15, 0.2) is 0 Å². The van der Waals surface area contributed by atoms with Gasteiger partial charge >= 0.3 is 0 Å². The largest absolute Gasteiger partial charge is 0.351 e. The molecule has 1 saturated carbocycles. The SMILES string of the molecule is CCc1cc(-c2ccc(NS(=O)(=O)c3ccccc3Cl)nc2)cc2cnc(NC3CCCCC3)nc12. The lowest BCUT2D eigenvalue weighted by Crippen LogP contribution is -2.23. The molecule has 2 heterocycles. The molecule has 0 spiro atoms. The van der Waals surface area contributed by atoms with Crippen molar-refractivity contribution < 1.29 is 8.42 Å². The summed E-state index contributed by atoms with van der Waals surface area (Å²) >= 11 is 6.06. The second-order valence-electron chi connectivity index (χ2n) is 9.07. The topological polar surface area (TPSA) is 96.9 Å². The van der Waals surface area contributed by atoms with Gasteiger partial charge in [-0.25, -0.2) is 23.4 Å². The van der Waals surface area contributed by atoms with E-state index in [1.165, 1.54) is 44.2 Å². The predicted octanol–water partition coefficient (Wildman–Crippen LogP) is 6.45. The molecule has 7 nitrogen and oxygen atoms in total. The van der Waals surface area contributed by atoms with Crippen molar-refractivity contribution in [1.29, 1.82) is 0 Å². The molecule has 0 amide bonds. The van der Waals surface area contributed by atoms with Gasteiger partial charge < -0.3 is 5.32 Å². The molecule has 2 aromatic heterocycles. The van der Waals surface area contributed by atoms with E-state index in [4.69, 9.17) is 16.6 Å². The average Bonchev–Trinajstić information content (AvgIpc) is 2.89. The van der Waals surface area contributed by atoms with E-state index in [1.54, 1.807) is 24.4 Å². The summed E-state index contributed by atoms with van der Waals surface area (Å²) in [5.74, 6) is 0.908. The number of hydrogen-bond acceptors (Lipinski definition) is 6. The summed E-state index contributed by atoms with van der Waals surface area (Å²) in [6, 6.07) is 14.4. The highest BCUT2D eigenvalue weighted by atomic mass is 35.5. The number of aryl methyl sites for hydroxylation is 1. The quantitative estimate of drug-likeness (QED) is 0.290. The molecule has 1 fully saturated rings. The minimum Gasteiger partial charge on any atom is -0.351 e. The zero-order valence-corrected chi connectivity index (χ0v) is 21.6. The van der Waals surface area contributed by atoms with Crippen molar-refractivity contribution in [3.05, 3.63) is 71.5 Å². The molecule has 1 aliphatic rings. The van der Waals surface area contributed by atoms with E-state index in [0.29, 0.717) is 12.0 Å². The Kier molecular flexibility index (Phi) is 7.07. The molecule has 0 atom stereocenters. The summed E-state index contributed by atoms with van der Waals surface area (Å²) in [4.78, 5) is 13.8. The Balaban J connectivity index is 1.39. The van der Waals surface area contributed by atoms with Gasteiger partial charge in [0.1, 0.15) is 10.7 Å². The second kappa shape index (κ2) is 10.4. The lowest BCUT2D eigenvalue weighted by Gasteiger charge is -2.22. The first kappa shape index (κ1) is 24.5. The minimum absolute atomic E-state index is 0.0111. The number of pyridine rings is 1. The third kappa shape index (κ3) is 5.29. The normalized spacial score (nSPS) is 14.6. The average molecular weight is 522 g/mol. The highest BCUT2D eigenvalue weighted by Gasteiger charge is 2.18. The van der Waals surface area contributed by atoms with Gasteiger partial charge in [0, 0.05) is 29.4 Å². The molecule has 0 aliphatic heterocycles. The zero-order chi connectivity index (χ0) is 25.1. The van der Waals surface area contributed by atoms with Crippen molar-refractivity contribution in [2.24, 2.45) is 0 Å².